The number of likely N-dealkylation sites (tertiary alicyclic amines) is 1. The maximum atomic E-state index is 12.5. The Hall–Kier alpha value is -2.20. The number of benzene rings is 1. The predicted octanol–water partition coefficient (Wildman–Crippen LogP) is 2.72. The Labute approximate surface area is 131 Å². The topological polar surface area (TPSA) is 45.2 Å². The zero-order valence-electron chi connectivity index (χ0n) is 12.6. The van der Waals surface area contributed by atoms with Gasteiger partial charge in [-0.2, -0.15) is 0 Å². The Morgan fingerprint density at radius 1 is 1.14 bits per heavy atom. The molecular formula is C18H20N3O. The minimum Gasteiger partial charge on any atom is -0.339 e. The molecule has 0 saturated carbocycles. The number of hydrogen-bond acceptors (Lipinski definition) is 3. The fourth-order valence-electron chi connectivity index (χ4n) is 2.79. The third-order valence-corrected chi connectivity index (χ3v) is 3.98. The summed E-state index contributed by atoms with van der Waals surface area (Å²) in [6.07, 6.45) is 8.36. The number of aromatic nitrogens is 1. The van der Waals surface area contributed by atoms with E-state index in [1.807, 2.05) is 36.4 Å². The van der Waals surface area contributed by atoms with Gasteiger partial charge in [-0.05, 0) is 43.6 Å². The molecule has 1 saturated heterocycles. The van der Waals surface area contributed by atoms with Gasteiger partial charge in [0.1, 0.15) is 0 Å². The second-order valence-electron chi connectivity index (χ2n) is 5.55. The summed E-state index contributed by atoms with van der Waals surface area (Å²) in [5.41, 5.74) is 2.38. The van der Waals surface area contributed by atoms with E-state index in [0.29, 0.717) is 12.2 Å². The molecule has 1 aromatic heterocycles. The van der Waals surface area contributed by atoms with Gasteiger partial charge in [-0.15, -0.1) is 0 Å². The lowest BCUT2D eigenvalue weighted by Gasteiger charge is -2.26. The molecule has 1 aliphatic heterocycles. The van der Waals surface area contributed by atoms with Gasteiger partial charge in [0.05, 0.1) is 12.9 Å². The molecule has 1 amide bonds. The molecule has 1 N–H and O–H groups in total. The van der Waals surface area contributed by atoms with E-state index in [-0.39, 0.29) is 5.91 Å². The predicted molar refractivity (Wildman–Crippen MR) is 86.3 cm³/mol. The van der Waals surface area contributed by atoms with Crippen LogP contribution in [0.25, 0.3) is 11.1 Å². The van der Waals surface area contributed by atoms with E-state index in [1.54, 1.807) is 6.20 Å². The molecule has 0 spiro atoms. The first-order valence-electron chi connectivity index (χ1n) is 7.77. The number of nitrogens with zero attached hydrogens (tertiary/aromatic N) is 2. The van der Waals surface area contributed by atoms with E-state index in [4.69, 9.17) is 0 Å². The lowest BCUT2D eigenvalue weighted by molar-refractivity contribution is 0.0915. The van der Waals surface area contributed by atoms with Crippen molar-refractivity contribution in [1.29, 1.82) is 0 Å². The zero-order valence-corrected chi connectivity index (χ0v) is 12.6. The van der Waals surface area contributed by atoms with Gasteiger partial charge < -0.3 is 5.32 Å². The third kappa shape index (κ3) is 3.52. The molecule has 4 heteroatoms. The van der Waals surface area contributed by atoms with E-state index in [2.05, 4.69) is 21.4 Å². The normalized spacial score (nSPS) is 15.5. The summed E-state index contributed by atoms with van der Waals surface area (Å²) in [5, 5.41) is 3.03. The van der Waals surface area contributed by atoms with Crippen molar-refractivity contribution in [2.75, 3.05) is 19.8 Å². The fraction of sp³-hybridized carbons (Fsp3) is 0.333. The molecule has 3 rings (SSSR count). The average Bonchev–Trinajstić information content (AvgIpc) is 2.61. The van der Waals surface area contributed by atoms with Gasteiger partial charge in [-0.3, -0.25) is 14.7 Å². The monoisotopic (exact) mass is 294 g/mol. The van der Waals surface area contributed by atoms with Gasteiger partial charge in [-0.1, -0.05) is 30.7 Å². The summed E-state index contributed by atoms with van der Waals surface area (Å²) in [6.45, 7) is 2.75. The second kappa shape index (κ2) is 7.18. The lowest BCUT2D eigenvalue weighted by atomic mass is 10.0. The first-order chi connectivity index (χ1) is 10.8. The van der Waals surface area contributed by atoms with E-state index < -0.39 is 0 Å². The van der Waals surface area contributed by atoms with Crippen LogP contribution in [0.15, 0.2) is 42.6 Å². The van der Waals surface area contributed by atoms with E-state index in [0.717, 1.165) is 24.2 Å². The molecule has 22 heavy (non-hydrogen) atoms. The van der Waals surface area contributed by atoms with Gasteiger partial charge >= 0.3 is 0 Å². The van der Waals surface area contributed by atoms with Crippen LogP contribution < -0.4 is 5.32 Å². The average molecular weight is 294 g/mol. The van der Waals surface area contributed by atoms with Crippen LogP contribution in [0.3, 0.4) is 0 Å². The summed E-state index contributed by atoms with van der Waals surface area (Å²) < 4.78 is 0. The molecule has 1 fully saturated rings. The number of rotatable bonds is 4. The molecule has 113 valence electrons. The number of nitrogens with one attached hydrogen (secondary N) is 1. The van der Waals surface area contributed by atoms with Crippen molar-refractivity contribution in [3.05, 3.63) is 54.4 Å². The summed E-state index contributed by atoms with van der Waals surface area (Å²) in [5.74, 6) is -0.0431. The number of hydrogen-bond donors (Lipinski definition) is 1. The zero-order chi connectivity index (χ0) is 15.2. The van der Waals surface area contributed by atoms with E-state index >= 15 is 0 Å². The maximum absolute atomic E-state index is 12.5. The van der Waals surface area contributed by atoms with E-state index in [9.17, 15) is 4.79 Å². The van der Waals surface area contributed by atoms with Crippen molar-refractivity contribution >= 4 is 5.91 Å². The van der Waals surface area contributed by atoms with Gasteiger partial charge in [0.25, 0.3) is 5.91 Å². The standard InChI is InChI=1S/C18H20N3O/c22-18(20-14-21-11-4-1-5-12-21)17-9-3-2-8-16(17)15-7-6-10-19-13-15/h2-3,6-10H,1,4-5,11-12,14H2,(H,20,22). The minimum atomic E-state index is -0.0431. The highest BCUT2D eigenvalue weighted by Gasteiger charge is 2.15. The number of carbonyl (C=O) groups is 1. The lowest BCUT2D eigenvalue weighted by Crippen LogP contribution is -2.40. The number of pyridine rings is 1. The minimum absolute atomic E-state index is 0.0431. The molecule has 2 aromatic rings. The molecular weight excluding hydrogens is 274 g/mol. The quantitative estimate of drug-likeness (QED) is 0.943. The van der Waals surface area contributed by atoms with E-state index in [1.165, 1.54) is 19.3 Å². The maximum Gasteiger partial charge on any atom is 0.252 e. The van der Waals surface area contributed by atoms with Crippen molar-refractivity contribution in [2.45, 2.75) is 19.3 Å². The van der Waals surface area contributed by atoms with Crippen LogP contribution in [0.5, 0.6) is 0 Å². The molecule has 0 aliphatic carbocycles. The van der Waals surface area contributed by atoms with Crippen LogP contribution in [0.4, 0.5) is 0 Å². The van der Waals surface area contributed by atoms with Gasteiger partial charge in [-0.25, -0.2) is 0 Å². The van der Waals surface area contributed by atoms with Gasteiger partial charge in [0.15, 0.2) is 0 Å². The van der Waals surface area contributed by atoms with Crippen molar-refractivity contribution in [2.24, 2.45) is 0 Å². The van der Waals surface area contributed by atoms with Crippen molar-refractivity contribution < 1.29 is 4.79 Å². The Balaban J connectivity index is 1.72. The Morgan fingerprint density at radius 2 is 1.95 bits per heavy atom. The highest BCUT2D eigenvalue weighted by atomic mass is 16.1. The molecule has 1 radical (unpaired) electrons. The summed E-state index contributed by atoms with van der Waals surface area (Å²) in [6, 6.07) is 11.4. The van der Waals surface area contributed by atoms with Crippen LogP contribution in [-0.4, -0.2) is 35.5 Å². The molecule has 4 nitrogen and oxygen atoms in total. The Kier molecular flexibility index (Phi) is 4.81. The second-order valence-corrected chi connectivity index (χ2v) is 5.55. The summed E-state index contributed by atoms with van der Waals surface area (Å²) in [4.78, 5) is 18.8. The van der Waals surface area contributed by atoms with Crippen LogP contribution in [0, 0.1) is 6.20 Å². The molecule has 2 heterocycles. The number of amides is 1. The van der Waals surface area contributed by atoms with Crippen molar-refractivity contribution in [3.63, 3.8) is 0 Å². The van der Waals surface area contributed by atoms with Crippen LogP contribution in [0.2, 0.25) is 0 Å². The summed E-state index contributed by atoms with van der Waals surface area (Å²) >= 11 is 0. The Bertz CT molecular complexity index is 621. The van der Waals surface area contributed by atoms with Gasteiger partial charge in [0.2, 0.25) is 0 Å². The highest BCUT2D eigenvalue weighted by Crippen LogP contribution is 2.22. The Morgan fingerprint density at radius 3 is 2.73 bits per heavy atom. The molecule has 0 atom stereocenters. The first-order valence-corrected chi connectivity index (χ1v) is 7.77. The fourth-order valence-corrected chi connectivity index (χ4v) is 2.79. The molecule has 1 aliphatic rings. The molecule has 0 bridgehead atoms. The first kappa shape index (κ1) is 14.7. The highest BCUT2D eigenvalue weighted by molar-refractivity contribution is 6.00. The number of carbonyl (C=O) groups excluding carboxylic acids is 1. The van der Waals surface area contributed by atoms with Crippen LogP contribution in [-0.2, 0) is 0 Å². The SMILES string of the molecule is O=C(NCN1CCCCC1)c1ccccc1-c1[c]nccc1. The molecule has 0 unspecified atom stereocenters. The van der Waals surface area contributed by atoms with Crippen LogP contribution in [0.1, 0.15) is 29.6 Å². The van der Waals surface area contributed by atoms with Crippen molar-refractivity contribution in [1.82, 2.24) is 15.2 Å². The van der Waals surface area contributed by atoms with Gasteiger partial charge in [0, 0.05) is 17.3 Å². The van der Waals surface area contributed by atoms with Crippen molar-refractivity contribution in [3.8, 4) is 11.1 Å². The number of piperidine rings is 1. The summed E-state index contributed by atoms with van der Waals surface area (Å²) in [7, 11) is 0. The third-order valence-electron chi connectivity index (χ3n) is 3.98. The largest absolute Gasteiger partial charge is 0.339 e. The molecule has 1 aromatic carbocycles. The smallest absolute Gasteiger partial charge is 0.252 e. The van der Waals surface area contributed by atoms with Crippen LogP contribution >= 0.6 is 0 Å².